The summed E-state index contributed by atoms with van der Waals surface area (Å²) in [5, 5.41) is 16.3. The molecule has 3 heterocycles. The number of aromatic nitrogens is 4. The second kappa shape index (κ2) is 9.60. The van der Waals surface area contributed by atoms with Crippen LogP contribution in [0.2, 0.25) is 0 Å². The highest BCUT2D eigenvalue weighted by Crippen LogP contribution is 2.22. The number of nitrogens with zero attached hydrogens (tertiary/aromatic N) is 4. The van der Waals surface area contributed by atoms with Crippen LogP contribution in [0.4, 0.5) is 4.79 Å². The van der Waals surface area contributed by atoms with Crippen LogP contribution in [0.3, 0.4) is 0 Å². The van der Waals surface area contributed by atoms with Gasteiger partial charge in [0, 0.05) is 31.3 Å². The van der Waals surface area contributed by atoms with Gasteiger partial charge < -0.3 is 30.6 Å². The number of urea groups is 1. The summed E-state index contributed by atoms with van der Waals surface area (Å²) >= 11 is 0. The van der Waals surface area contributed by atoms with Gasteiger partial charge in [-0.05, 0) is 18.4 Å². The van der Waals surface area contributed by atoms with Crippen molar-refractivity contribution in [3.63, 3.8) is 0 Å². The van der Waals surface area contributed by atoms with E-state index in [1.807, 2.05) is 30.3 Å². The average Bonchev–Trinajstić information content (AvgIpc) is 3.55. The molecule has 32 heavy (non-hydrogen) atoms. The topological polar surface area (TPSA) is 163 Å². The van der Waals surface area contributed by atoms with Crippen molar-refractivity contribution in [3.05, 3.63) is 65.8 Å². The molecule has 4 rings (SSSR count). The molecular formula is C21H25N7O4. The summed E-state index contributed by atoms with van der Waals surface area (Å²) < 4.78 is 5.46. The van der Waals surface area contributed by atoms with E-state index in [4.69, 9.17) is 10.3 Å². The fourth-order valence-corrected chi connectivity index (χ4v) is 3.81. The molecule has 0 bridgehead atoms. The number of carboxylic acids is 1. The molecular weight excluding hydrogens is 414 g/mol. The van der Waals surface area contributed by atoms with Gasteiger partial charge in [-0.1, -0.05) is 35.5 Å². The molecule has 3 atom stereocenters. The second-order valence-corrected chi connectivity index (χ2v) is 7.76. The number of rotatable bonds is 8. The van der Waals surface area contributed by atoms with Crippen LogP contribution in [0, 0.1) is 0 Å². The average molecular weight is 439 g/mol. The number of hydrogen-bond acceptors (Lipinski definition) is 7. The van der Waals surface area contributed by atoms with Gasteiger partial charge >= 0.3 is 12.0 Å². The lowest BCUT2D eigenvalue weighted by Crippen LogP contribution is -2.47. The number of benzene rings is 1. The van der Waals surface area contributed by atoms with E-state index in [0.29, 0.717) is 38.1 Å². The molecule has 168 valence electrons. The lowest BCUT2D eigenvalue weighted by molar-refractivity contribution is -0.141. The monoisotopic (exact) mass is 439 g/mol. The van der Waals surface area contributed by atoms with E-state index < -0.39 is 30.1 Å². The fourth-order valence-electron chi connectivity index (χ4n) is 3.81. The van der Waals surface area contributed by atoms with Gasteiger partial charge in [0.1, 0.15) is 12.1 Å². The first-order valence-corrected chi connectivity index (χ1v) is 10.4. The normalized spacial score (nSPS) is 17.8. The standard InChI is InChI=1S/C21H25N7O4/c22-15(10-14-11-23-12-24-14)18-26-19(32-27-18)16(9-13-5-2-1-3-6-13)25-21(31)28-8-4-7-17(28)20(29)30/h1-3,5-6,11-12,15-17H,4,7-10,22H2,(H,23,24)(H,25,31)(H,29,30)/t15-,16-,17+/m0/s1. The van der Waals surface area contributed by atoms with E-state index >= 15 is 0 Å². The Morgan fingerprint density at radius 3 is 2.84 bits per heavy atom. The maximum atomic E-state index is 12.9. The van der Waals surface area contributed by atoms with Crippen molar-refractivity contribution in [1.29, 1.82) is 0 Å². The van der Waals surface area contributed by atoms with Gasteiger partial charge in [-0.25, -0.2) is 14.6 Å². The minimum absolute atomic E-state index is 0.211. The fraction of sp³-hybridized carbons (Fsp3) is 0.381. The third kappa shape index (κ3) is 4.94. The number of aliphatic carboxylic acids is 1. The molecule has 0 saturated carbocycles. The number of nitrogens with two attached hydrogens (primary N) is 1. The van der Waals surface area contributed by atoms with Gasteiger partial charge in [-0.3, -0.25) is 0 Å². The number of imidazole rings is 1. The van der Waals surface area contributed by atoms with Crippen molar-refractivity contribution in [2.75, 3.05) is 6.54 Å². The zero-order valence-corrected chi connectivity index (χ0v) is 17.3. The Morgan fingerprint density at radius 1 is 1.31 bits per heavy atom. The first-order valence-electron chi connectivity index (χ1n) is 10.4. The van der Waals surface area contributed by atoms with Crippen LogP contribution >= 0.6 is 0 Å². The summed E-state index contributed by atoms with van der Waals surface area (Å²) in [4.78, 5) is 37.1. The Bertz CT molecular complexity index is 1040. The quantitative estimate of drug-likeness (QED) is 0.411. The molecule has 11 nitrogen and oxygen atoms in total. The summed E-state index contributed by atoms with van der Waals surface area (Å²) in [6.45, 7) is 0.380. The Labute approximate surface area is 184 Å². The number of amides is 2. The highest BCUT2D eigenvalue weighted by Gasteiger charge is 2.35. The van der Waals surface area contributed by atoms with Crippen LogP contribution in [0.1, 0.15) is 47.9 Å². The van der Waals surface area contributed by atoms with Crippen LogP contribution in [-0.2, 0) is 17.6 Å². The van der Waals surface area contributed by atoms with Crippen molar-refractivity contribution in [2.24, 2.45) is 5.73 Å². The van der Waals surface area contributed by atoms with Gasteiger partial charge in [0.2, 0.25) is 5.89 Å². The molecule has 1 fully saturated rings. The molecule has 1 aromatic carbocycles. The molecule has 2 amide bonds. The Hall–Kier alpha value is -3.73. The first kappa shape index (κ1) is 21.5. The van der Waals surface area contributed by atoms with E-state index in [2.05, 4.69) is 25.4 Å². The van der Waals surface area contributed by atoms with Gasteiger partial charge in [0.15, 0.2) is 5.82 Å². The number of carboxylic acid groups (broad SMARTS) is 1. The van der Waals surface area contributed by atoms with Crippen LogP contribution < -0.4 is 11.1 Å². The lowest BCUT2D eigenvalue weighted by atomic mass is 10.1. The molecule has 11 heteroatoms. The van der Waals surface area contributed by atoms with E-state index in [1.54, 1.807) is 12.5 Å². The molecule has 0 radical (unpaired) electrons. The number of nitrogens with one attached hydrogen (secondary N) is 2. The highest BCUT2D eigenvalue weighted by molar-refractivity contribution is 5.83. The Balaban J connectivity index is 1.52. The van der Waals surface area contributed by atoms with Crippen molar-refractivity contribution in [2.45, 2.75) is 43.8 Å². The van der Waals surface area contributed by atoms with Crippen LogP contribution in [-0.4, -0.2) is 54.7 Å². The van der Waals surface area contributed by atoms with Crippen molar-refractivity contribution >= 4 is 12.0 Å². The van der Waals surface area contributed by atoms with Gasteiger partial charge in [-0.2, -0.15) is 4.98 Å². The third-order valence-corrected chi connectivity index (χ3v) is 5.46. The molecule has 1 saturated heterocycles. The first-order chi connectivity index (χ1) is 15.5. The predicted octanol–water partition coefficient (Wildman–Crippen LogP) is 1.58. The number of hydrogen-bond donors (Lipinski definition) is 4. The Kier molecular flexibility index (Phi) is 6.45. The molecule has 3 aromatic rings. The second-order valence-electron chi connectivity index (χ2n) is 7.76. The summed E-state index contributed by atoms with van der Waals surface area (Å²) in [6, 6.07) is 7.08. The highest BCUT2D eigenvalue weighted by atomic mass is 16.5. The van der Waals surface area contributed by atoms with Crippen molar-refractivity contribution in [1.82, 2.24) is 30.3 Å². The predicted molar refractivity (Wildman–Crippen MR) is 112 cm³/mol. The molecule has 0 aliphatic carbocycles. The maximum absolute atomic E-state index is 12.9. The zero-order valence-electron chi connectivity index (χ0n) is 17.3. The Morgan fingerprint density at radius 2 is 2.12 bits per heavy atom. The smallest absolute Gasteiger partial charge is 0.326 e. The maximum Gasteiger partial charge on any atom is 0.326 e. The SMILES string of the molecule is N[C@@H](Cc1cnc[nH]1)c1noc([C@H](Cc2ccccc2)NC(=O)N2CCC[C@@H]2C(=O)O)n1. The summed E-state index contributed by atoms with van der Waals surface area (Å²) in [6.07, 6.45) is 5.16. The molecule has 0 unspecified atom stereocenters. The van der Waals surface area contributed by atoms with E-state index in [9.17, 15) is 14.7 Å². The molecule has 2 aromatic heterocycles. The van der Waals surface area contributed by atoms with Crippen molar-refractivity contribution in [3.8, 4) is 0 Å². The number of carbonyl (C=O) groups is 2. The van der Waals surface area contributed by atoms with Crippen LogP contribution in [0.15, 0.2) is 47.4 Å². The number of likely N-dealkylation sites (tertiary alicyclic amines) is 1. The molecule has 0 spiro atoms. The van der Waals surface area contributed by atoms with Crippen LogP contribution in [0.5, 0.6) is 0 Å². The van der Waals surface area contributed by atoms with Crippen LogP contribution in [0.25, 0.3) is 0 Å². The van der Waals surface area contributed by atoms with Gasteiger partial charge in [0.05, 0.1) is 12.4 Å². The largest absolute Gasteiger partial charge is 0.480 e. The minimum Gasteiger partial charge on any atom is -0.480 e. The summed E-state index contributed by atoms with van der Waals surface area (Å²) in [5.41, 5.74) is 8.00. The van der Waals surface area contributed by atoms with E-state index in [0.717, 1.165) is 11.3 Å². The molecule has 5 N–H and O–H groups in total. The van der Waals surface area contributed by atoms with E-state index in [-0.39, 0.29) is 5.89 Å². The molecule has 1 aliphatic heterocycles. The number of carbonyl (C=O) groups excluding carboxylic acids is 1. The summed E-state index contributed by atoms with van der Waals surface area (Å²) in [5.74, 6) is -0.489. The van der Waals surface area contributed by atoms with E-state index in [1.165, 1.54) is 4.90 Å². The minimum atomic E-state index is -1.01. The number of H-pyrrole nitrogens is 1. The van der Waals surface area contributed by atoms with Gasteiger partial charge in [0.25, 0.3) is 0 Å². The number of aromatic amines is 1. The van der Waals surface area contributed by atoms with Crippen molar-refractivity contribution < 1.29 is 19.2 Å². The lowest BCUT2D eigenvalue weighted by Gasteiger charge is -2.24. The van der Waals surface area contributed by atoms with Gasteiger partial charge in [-0.15, -0.1) is 0 Å². The third-order valence-electron chi connectivity index (χ3n) is 5.46. The summed E-state index contributed by atoms with van der Waals surface area (Å²) in [7, 11) is 0. The molecule has 1 aliphatic rings. The zero-order chi connectivity index (χ0) is 22.5.